The Bertz CT molecular complexity index is 514. The molecule has 0 aliphatic carbocycles. The maximum absolute atomic E-state index is 5.47. The molecule has 5 heteroatoms. The molecule has 0 amide bonds. The van der Waals surface area contributed by atoms with Gasteiger partial charge in [0.1, 0.15) is 11.5 Å². The number of ether oxygens (including phenoxy) is 2. The Hall–Kier alpha value is -1.59. The number of benzene rings is 1. The first-order chi connectivity index (χ1) is 9.30. The SMILES string of the molecule is CCNC(c1cscn1)c1ccc(OC)cc1OC. The van der Waals surface area contributed by atoms with Crippen molar-refractivity contribution >= 4 is 11.3 Å². The molecule has 19 heavy (non-hydrogen) atoms. The number of hydrogen-bond donors (Lipinski definition) is 1. The Morgan fingerprint density at radius 3 is 2.74 bits per heavy atom. The number of nitrogens with zero attached hydrogens (tertiary/aromatic N) is 1. The van der Waals surface area contributed by atoms with E-state index in [1.54, 1.807) is 25.6 Å². The van der Waals surface area contributed by atoms with E-state index in [0.717, 1.165) is 29.3 Å². The molecule has 102 valence electrons. The van der Waals surface area contributed by atoms with Crippen molar-refractivity contribution in [2.24, 2.45) is 0 Å². The van der Waals surface area contributed by atoms with Gasteiger partial charge in [-0.15, -0.1) is 11.3 Å². The van der Waals surface area contributed by atoms with E-state index in [0.29, 0.717) is 0 Å². The van der Waals surface area contributed by atoms with Crippen molar-refractivity contribution in [3.8, 4) is 11.5 Å². The van der Waals surface area contributed by atoms with Gasteiger partial charge in [0.15, 0.2) is 0 Å². The molecule has 1 unspecified atom stereocenters. The summed E-state index contributed by atoms with van der Waals surface area (Å²) in [6.45, 7) is 2.94. The minimum absolute atomic E-state index is 0.0390. The molecular formula is C14H18N2O2S. The van der Waals surface area contributed by atoms with Gasteiger partial charge in [-0.1, -0.05) is 6.92 Å². The van der Waals surface area contributed by atoms with E-state index in [1.807, 2.05) is 23.7 Å². The average molecular weight is 278 g/mol. The summed E-state index contributed by atoms with van der Waals surface area (Å²) in [5.41, 5.74) is 3.92. The van der Waals surface area contributed by atoms with Crippen molar-refractivity contribution in [3.63, 3.8) is 0 Å². The molecule has 1 atom stereocenters. The fourth-order valence-corrected chi connectivity index (χ4v) is 2.58. The van der Waals surface area contributed by atoms with Crippen molar-refractivity contribution in [2.45, 2.75) is 13.0 Å². The summed E-state index contributed by atoms with van der Waals surface area (Å²) in [6.07, 6.45) is 0. The number of hydrogen-bond acceptors (Lipinski definition) is 5. The van der Waals surface area contributed by atoms with Crippen LogP contribution >= 0.6 is 11.3 Å². The lowest BCUT2D eigenvalue weighted by Crippen LogP contribution is -2.22. The number of thiazole rings is 1. The zero-order chi connectivity index (χ0) is 13.7. The van der Waals surface area contributed by atoms with Crippen molar-refractivity contribution in [3.05, 3.63) is 40.3 Å². The van der Waals surface area contributed by atoms with Crippen LogP contribution in [0.25, 0.3) is 0 Å². The summed E-state index contributed by atoms with van der Waals surface area (Å²) >= 11 is 1.59. The fourth-order valence-electron chi connectivity index (χ4n) is 2.00. The first-order valence-electron chi connectivity index (χ1n) is 6.13. The van der Waals surface area contributed by atoms with E-state index >= 15 is 0 Å². The van der Waals surface area contributed by atoms with Crippen LogP contribution in [0.5, 0.6) is 11.5 Å². The Labute approximate surface area is 117 Å². The van der Waals surface area contributed by atoms with Gasteiger partial charge in [0.25, 0.3) is 0 Å². The Balaban J connectivity index is 2.41. The molecular weight excluding hydrogens is 260 g/mol. The van der Waals surface area contributed by atoms with Crippen molar-refractivity contribution < 1.29 is 9.47 Å². The highest BCUT2D eigenvalue weighted by molar-refractivity contribution is 7.07. The van der Waals surface area contributed by atoms with Gasteiger partial charge < -0.3 is 14.8 Å². The monoisotopic (exact) mass is 278 g/mol. The van der Waals surface area contributed by atoms with Crippen LogP contribution in [0.3, 0.4) is 0 Å². The summed E-state index contributed by atoms with van der Waals surface area (Å²) in [4.78, 5) is 4.40. The topological polar surface area (TPSA) is 43.4 Å². The predicted molar refractivity (Wildman–Crippen MR) is 77.2 cm³/mol. The van der Waals surface area contributed by atoms with Crippen LogP contribution in [-0.4, -0.2) is 25.7 Å². The van der Waals surface area contributed by atoms with E-state index in [2.05, 4.69) is 22.6 Å². The summed E-state index contributed by atoms with van der Waals surface area (Å²) in [6, 6.07) is 5.89. The van der Waals surface area contributed by atoms with E-state index in [4.69, 9.17) is 9.47 Å². The zero-order valence-corrected chi connectivity index (χ0v) is 12.2. The molecule has 4 nitrogen and oxygen atoms in total. The average Bonchev–Trinajstić information content (AvgIpc) is 2.98. The number of nitrogens with one attached hydrogen (secondary N) is 1. The van der Waals surface area contributed by atoms with Crippen molar-refractivity contribution in [1.82, 2.24) is 10.3 Å². The van der Waals surface area contributed by atoms with Gasteiger partial charge in [0.2, 0.25) is 0 Å². The van der Waals surface area contributed by atoms with E-state index in [9.17, 15) is 0 Å². The van der Waals surface area contributed by atoms with Gasteiger partial charge in [-0.2, -0.15) is 0 Å². The molecule has 1 aromatic heterocycles. The van der Waals surface area contributed by atoms with Gasteiger partial charge >= 0.3 is 0 Å². The highest BCUT2D eigenvalue weighted by atomic mass is 32.1. The molecule has 1 heterocycles. The first kappa shape index (κ1) is 13.8. The van der Waals surface area contributed by atoms with Crippen LogP contribution in [0.15, 0.2) is 29.1 Å². The van der Waals surface area contributed by atoms with E-state index < -0.39 is 0 Å². The largest absolute Gasteiger partial charge is 0.497 e. The van der Waals surface area contributed by atoms with Crippen LogP contribution in [0.2, 0.25) is 0 Å². The third-order valence-electron chi connectivity index (χ3n) is 2.91. The maximum Gasteiger partial charge on any atom is 0.127 e. The predicted octanol–water partition coefficient (Wildman–Crippen LogP) is 2.86. The summed E-state index contributed by atoms with van der Waals surface area (Å²) < 4.78 is 10.7. The van der Waals surface area contributed by atoms with Gasteiger partial charge in [0, 0.05) is 17.0 Å². The number of methoxy groups -OCH3 is 2. The summed E-state index contributed by atoms with van der Waals surface area (Å²) in [5.74, 6) is 1.59. The zero-order valence-electron chi connectivity index (χ0n) is 11.3. The molecule has 0 spiro atoms. The van der Waals surface area contributed by atoms with Gasteiger partial charge in [-0.05, 0) is 18.7 Å². The van der Waals surface area contributed by atoms with Gasteiger partial charge in [-0.3, -0.25) is 0 Å². The second-order valence-corrected chi connectivity index (χ2v) is 4.73. The second kappa shape index (κ2) is 6.54. The van der Waals surface area contributed by atoms with E-state index in [1.165, 1.54) is 0 Å². The van der Waals surface area contributed by atoms with Crippen LogP contribution in [0.1, 0.15) is 24.2 Å². The third-order valence-corrected chi connectivity index (χ3v) is 3.51. The van der Waals surface area contributed by atoms with Crippen molar-refractivity contribution in [2.75, 3.05) is 20.8 Å². The van der Waals surface area contributed by atoms with Crippen LogP contribution < -0.4 is 14.8 Å². The van der Waals surface area contributed by atoms with Crippen molar-refractivity contribution in [1.29, 1.82) is 0 Å². The molecule has 0 fully saturated rings. The summed E-state index contributed by atoms with van der Waals surface area (Å²) in [7, 11) is 3.32. The molecule has 0 saturated carbocycles. The van der Waals surface area contributed by atoms with Crippen LogP contribution in [-0.2, 0) is 0 Å². The summed E-state index contributed by atoms with van der Waals surface area (Å²) in [5, 5.41) is 5.49. The molecule has 0 bridgehead atoms. The smallest absolute Gasteiger partial charge is 0.127 e. The standard InChI is InChI=1S/C14H18N2O2S/c1-4-15-14(12-8-19-9-16-12)11-6-5-10(17-2)7-13(11)18-3/h5-9,14-15H,4H2,1-3H3. The quantitative estimate of drug-likeness (QED) is 0.882. The first-order valence-corrected chi connectivity index (χ1v) is 7.07. The minimum atomic E-state index is 0.0390. The highest BCUT2D eigenvalue weighted by Gasteiger charge is 2.19. The second-order valence-electron chi connectivity index (χ2n) is 4.01. The molecule has 0 aliphatic rings. The number of aromatic nitrogens is 1. The fraction of sp³-hybridized carbons (Fsp3) is 0.357. The van der Waals surface area contributed by atoms with Crippen LogP contribution in [0, 0.1) is 0 Å². The van der Waals surface area contributed by atoms with E-state index in [-0.39, 0.29) is 6.04 Å². The lowest BCUT2D eigenvalue weighted by Gasteiger charge is -2.19. The molecule has 1 aromatic carbocycles. The lowest BCUT2D eigenvalue weighted by molar-refractivity contribution is 0.387. The molecule has 2 rings (SSSR count). The number of rotatable bonds is 6. The Morgan fingerprint density at radius 2 is 2.16 bits per heavy atom. The highest BCUT2D eigenvalue weighted by Crippen LogP contribution is 2.32. The molecule has 0 radical (unpaired) electrons. The molecule has 2 aromatic rings. The minimum Gasteiger partial charge on any atom is -0.497 e. The van der Waals surface area contributed by atoms with Crippen LogP contribution in [0.4, 0.5) is 0 Å². The molecule has 0 aliphatic heterocycles. The Kier molecular flexibility index (Phi) is 4.76. The third kappa shape index (κ3) is 3.05. The molecule has 1 N–H and O–H groups in total. The molecule has 0 saturated heterocycles. The maximum atomic E-state index is 5.47. The normalized spacial score (nSPS) is 12.2. The van der Waals surface area contributed by atoms with Gasteiger partial charge in [0.05, 0.1) is 31.5 Å². The van der Waals surface area contributed by atoms with Gasteiger partial charge in [-0.25, -0.2) is 4.98 Å². The Morgan fingerprint density at radius 1 is 1.32 bits per heavy atom. The lowest BCUT2D eigenvalue weighted by atomic mass is 10.0.